The number of likely N-dealkylation sites (N-methyl/N-ethyl adjacent to an activating group) is 1. The van der Waals surface area contributed by atoms with Gasteiger partial charge in [-0.3, -0.25) is 4.79 Å². The fourth-order valence-corrected chi connectivity index (χ4v) is 3.65. The molecule has 1 N–H and O–H groups in total. The van der Waals surface area contributed by atoms with E-state index in [-0.39, 0.29) is 11.9 Å². The number of thiophene rings is 1. The summed E-state index contributed by atoms with van der Waals surface area (Å²) in [6, 6.07) is 2.07. The number of aliphatic hydroxyl groups excluding tert-OH is 1. The zero-order valence-corrected chi connectivity index (χ0v) is 12.8. The number of aryl methyl sites for hydroxylation is 2. The highest BCUT2D eigenvalue weighted by Gasteiger charge is 2.35. The van der Waals surface area contributed by atoms with Crippen LogP contribution < -0.4 is 0 Å². The summed E-state index contributed by atoms with van der Waals surface area (Å²) in [7, 11) is 3.99. The second-order valence-electron chi connectivity index (χ2n) is 5.59. The monoisotopic (exact) mass is 282 g/mol. The molecule has 0 aromatic carbocycles. The largest absolute Gasteiger partial charge is 0.391 e. The zero-order chi connectivity index (χ0) is 14.2. The van der Waals surface area contributed by atoms with Gasteiger partial charge in [0.15, 0.2) is 0 Å². The van der Waals surface area contributed by atoms with Crippen molar-refractivity contribution in [3.8, 4) is 0 Å². The van der Waals surface area contributed by atoms with Crippen molar-refractivity contribution in [1.29, 1.82) is 0 Å². The first-order chi connectivity index (χ1) is 8.88. The smallest absolute Gasteiger partial charge is 0.255 e. The molecule has 1 aromatic rings. The van der Waals surface area contributed by atoms with Crippen molar-refractivity contribution in [2.24, 2.45) is 0 Å². The van der Waals surface area contributed by atoms with Crippen molar-refractivity contribution < 1.29 is 9.90 Å². The predicted molar refractivity (Wildman–Crippen MR) is 77.8 cm³/mol. The van der Waals surface area contributed by atoms with Crippen LogP contribution in [0.2, 0.25) is 0 Å². The van der Waals surface area contributed by atoms with E-state index < -0.39 is 6.10 Å². The van der Waals surface area contributed by atoms with Crippen LogP contribution in [0, 0.1) is 13.8 Å². The number of rotatable bonds is 3. The van der Waals surface area contributed by atoms with Gasteiger partial charge in [0.25, 0.3) is 5.91 Å². The number of likely N-dealkylation sites (tertiary alicyclic amines) is 1. The topological polar surface area (TPSA) is 43.8 Å². The molecular formula is C14H22N2O2S. The molecule has 2 unspecified atom stereocenters. The fraction of sp³-hybridized carbons (Fsp3) is 0.643. The van der Waals surface area contributed by atoms with Crippen molar-refractivity contribution in [2.45, 2.75) is 32.4 Å². The molecule has 1 aliphatic rings. The minimum Gasteiger partial charge on any atom is -0.391 e. The summed E-state index contributed by atoms with van der Waals surface area (Å²) in [6.07, 6.45) is 0.278. The van der Waals surface area contributed by atoms with E-state index in [0.29, 0.717) is 13.0 Å². The van der Waals surface area contributed by atoms with E-state index in [4.69, 9.17) is 0 Å². The van der Waals surface area contributed by atoms with E-state index in [1.807, 2.05) is 38.9 Å². The molecule has 1 fully saturated rings. The summed E-state index contributed by atoms with van der Waals surface area (Å²) in [5.74, 6) is 0.0604. The average Bonchev–Trinajstić information content (AvgIpc) is 2.80. The van der Waals surface area contributed by atoms with Crippen LogP contribution in [-0.4, -0.2) is 60.1 Å². The predicted octanol–water partition coefficient (Wildman–Crippen LogP) is 1.50. The Kier molecular flexibility index (Phi) is 4.28. The van der Waals surface area contributed by atoms with E-state index in [9.17, 15) is 9.90 Å². The summed E-state index contributed by atoms with van der Waals surface area (Å²) in [5, 5.41) is 9.84. The van der Waals surface area contributed by atoms with Crippen LogP contribution in [0.3, 0.4) is 0 Å². The van der Waals surface area contributed by atoms with Gasteiger partial charge in [0.2, 0.25) is 0 Å². The lowest BCUT2D eigenvalue weighted by atomic mass is 10.1. The van der Waals surface area contributed by atoms with Crippen molar-refractivity contribution in [3.05, 3.63) is 21.4 Å². The van der Waals surface area contributed by atoms with Crippen LogP contribution >= 0.6 is 11.3 Å². The average molecular weight is 282 g/mol. The molecule has 1 aromatic heterocycles. The summed E-state index contributed by atoms with van der Waals surface area (Å²) in [4.78, 5) is 18.7. The van der Waals surface area contributed by atoms with E-state index in [0.717, 1.165) is 21.9 Å². The number of amides is 1. The van der Waals surface area contributed by atoms with Gasteiger partial charge in [-0.05, 0) is 40.4 Å². The third-order valence-electron chi connectivity index (χ3n) is 3.50. The quantitative estimate of drug-likeness (QED) is 0.914. The first-order valence-corrected chi connectivity index (χ1v) is 7.41. The Morgan fingerprint density at radius 3 is 2.74 bits per heavy atom. The highest BCUT2D eigenvalue weighted by atomic mass is 32.1. The number of aliphatic hydroxyl groups is 1. The van der Waals surface area contributed by atoms with Gasteiger partial charge >= 0.3 is 0 Å². The van der Waals surface area contributed by atoms with Crippen LogP contribution in [0.1, 0.15) is 26.5 Å². The van der Waals surface area contributed by atoms with E-state index in [2.05, 4.69) is 4.90 Å². The Morgan fingerprint density at radius 2 is 2.21 bits per heavy atom. The number of β-amino-alcohol motifs (C(OH)–C–C–N with tert-alkyl or cyclic N) is 1. The van der Waals surface area contributed by atoms with Crippen LogP contribution in [0.15, 0.2) is 6.07 Å². The summed E-state index contributed by atoms with van der Waals surface area (Å²) in [5.41, 5.74) is 0.792. The number of carbonyl (C=O) groups excluding carboxylic acids is 1. The van der Waals surface area contributed by atoms with Gasteiger partial charge in [0.05, 0.1) is 11.7 Å². The Hall–Kier alpha value is -0.910. The standard InChI is InChI=1S/C14H22N2O2S/c1-9-5-13(10(2)19-9)14(18)16-8-12(17)6-11(16)7-15(3)4/h5,11-12,17H,6-8H2,1-4H3. The molecule has 2 rings (SSSR count). The van der Waals surface area contributed by atoms with Crippen LogP contribution in [0.25, 0.3) is 0 Å². The number of carbonyl (C=O) groups is 1. The lowest BCUT2D eigenvalue weighted by molar-refractivity contribution is 0.0699. The van der Waals surface area contributed by atoms with Crippen molar-refractivity contribution >= 4 is 17.2 Å². The van der Waals surface area contributed by atoms with Crippen molar-refractivity contribution in [1.82, 2.24) is 9.80 Å². The molecule has 106 valence electrons. The minimum atomic E-state index is -0.395. The van der Waals surface area contributed by atoms with Crippen LogP contribution in [0.5, 0.6) is 0 Å². The highest BCUT2D eigenvalue weighted by Crippen LogP contribution is 2.26. The van der Waals surface area contributed by atoms with Crippen LogP contribution in [0.4, 0.5) is 0 Å². The fourth-order valence-electron chi connectivity index (χ4n) is 2.73. The van der Waals surface area contributed by atoms with Gasteiger partial charge in [-0.15, -0.1) is 11.3 Å². The molecule has 1 saturated heterocycles. The molecule has 2 heterocycles. The van der Waals surface area contributed by atoms with Gasteiger partial charge in [0.1, 0.15) is 0 Å². The SMILES string of the molecule is Cc1cc(C(=O)N2CC(O)CC2CN(C)C)c(C)s1. The Balaban J connectivity index is 2.19. The molecule has 19 heavy (non-hydrogen) atoms. The van der Waals surface area contributed by atoms with Gasteiger partial charge in [-0.2, -0.15) is 0 Å². The van der Waals surface area contributed by atoms with E-state index in [1.54, 1.807) is 11.3 Å². The molecule has 1 aliphatic heterocycles. The van der Waals surface area contributed by atoms with Gasteiger partial charge in [0, 0.05) is 28.9 Å². The molecular weight excluding hydrogens is 260 g/mol. The van der Waals surface area contributed by atoms with Crippen molar-refractivity contribution in [2.75, 3.05) is 27.2 Å². The molecule has 2 atom stereocenters. The summed E-state index contributed by atoms with van der Waals surface area (Å²) < 4.78 is 0. The molecule has 5 heteroatoms. The minimum absolute atomic E-state index is 0.0604. The Morgan fingerprint density at radius 1 is 1.53 bits per heavy atom. The Labute approximate surface area is 118 Å². The third-order valence-corrected chi connectivity index (χ3v) is 4.47. The highest BCUT2D eigenvalue weighted by molar-refractivity contribution is 7.12. The molecule has 0 aliphatic carbocycles. The number of nitrogens with zero attached hydrogens (tertiary/aromatic N) is 2. The van der Waals surface area contributed by atoms with Crippen molar-refractivity contribution in [3.63, 3.8) is 0 Å². The summed E-state index contributed by atoms with van der Waals surface area (Å²) >= 11 is 1.65. The van der Waals surface area contributed by atoms with Gasteiger partial charge < -0.3 is 14.9 Å². The van der Waals surface area contributed by atoms with Crippen LogP contribution in [-0.2, 0) is 0 Å². The lowest BCUT2D eigenvalue weighted by Crippen LogP contribution is -2.41. The molecule has 4 nitrogen and oxygen atoms in total. The van der Waals surface area contributed by atoms with Gasteiger partial charge in [-0.25, -0.2) is 0 Å². The third kappa shape index (κ3) is 3.16. The molecule has 0 spiro atoms. The maximum Gasteiger partial charge on any atom is 0.255 e. The second-order valence-corrected chi connectivity index (χ2v) is 7.05. The lowest BCUT2D eigenvalue weighted by Gasteiger charge is -2.26. The first kappa shape index (κ1) is 14.5. The van der Waals surface area contributed by atoms with E-state index in [1.165, 1.54) is 0 Å². The number of hydrogen-bond donors (Lipinski definition) is 1. The van der Waals surface area contributed by atoms with E-state index >= 15 is 0 Å². The molecule has 1 amide bonds. The first-order valence-electron chi connectivity index (χ1n) is 6.59. The number of hydrogen-bond acceptors (Lipinski definition) is 4. The second kappa shape index (κ2) is 5.61. The Bertz CT molecular complexity index is 470. The molecule has 0 saturated carbocycles. The normalized spacial score (nSPS) is 23.4. The molecule has 0 radical (unpaired) electrons. The maximum atomic E-state index is 12.6. The maximum absolute atomic E-state index is 12.6. The summed E-state index contributed by atoms with van der Waals surface area (Å²) in [6.45, 7) is 5.25. The van der Waals surface area contributed by atoms with Gasteiger partial charge in [-0.1, -0.05) is 0 Å². The zero-order valence-electron chi connectivity index (χ0n) is 12.0. The molecule has 0 bridgehead atoms.